The first-order valence-corrected chi connectivity index (χ1v) is 8.13. The van der Waals surface area contributed by atoms with Crippen molar-refractivity contribution in [3.63, 3.8) is 0 Å². The van der Waals surface area contributed by atoms with Crippen molar-refractivity contribution in [1.29, 1.82) is 0 Å². The molecule has 1 aromatic carbocycles. The van der Waals surface area contributed by atoms with Gasteiger partial charge in [0.15, 0.2) is 6.61 Å². The van der Waals surface area contributed by atoms with Crippen molar-refractivity contribution < 1.29 is 14.3 Å². The van der Waals surface area contributed by atoms with Crippen molar-refractivity contribution in [2.45, 2.75) is 20.4 Å². The Morgan fingerprint density at radius 3 is 2.72 bits per heavy atom. The van der Waals surface area contributed by atoms with Gasteiger partial charge in [0.05, 0.1) is 6.20 Å². The van der Waals surface area contributed by atoms with E-state index in [0.717, 1.165) is 5.56 Å². The number of hydrogen-bond acceptors (Lipinski definition) is 4. The number of carbonyl (C=O) groups is 2. The zero-order chi connectivity index (χ0) is 18.4. The number of nitrogens with two attached hydrogens (primary N) is 1. The van der Waals surface area contributed by atoms with Gasteiger partial charge in [-0.2, -0.15) is 5.10 Å². The van der Waals surface area contributed by atoms with Gasteiger partial charge in [-0.15, -0.1) is 0 Å². The summed E-state index contributed by atoms with van der Waals surface area (Å²) < 4.78 is 7.00. The fraction of sp³-hybridized carbons (Fsp3) is 0.389. The number of aryl methyl sites for hydroxylation is 1. The minimum atomic E-state index is -0.560. The highest BCUT2D eigenvalue weighted by molar-refractivity contribution is 5.94. The van der Waals surface area contributed by atoms with E-state index in [1.54, 1.807) is 40.0 Å². The molecule has 0 aliphatic rings. The Morgan fingerprint density at radius 2 is 2.12 bits per heavy atom. The van der Waals surface area contributed by atoms with Gasteiger partial charge in [0.25, 0.3) is 11.8 Å². The molecule has 0 bridgehead atoms. The van der Waals surface area contributed by atoms with Crippen LogP contribution in [0.1, 0.15) is 29.8 Å². The van der Waals surface area contributed by atoms with Gasteiger partial charge in [0.1, 0.15) is 5.75 Å². The summed E-state index contributed by atoms with van der Waals surface area (Å²) in [6.07, 6.45) is 3.65. The Labute approximate surface area is 147 Å². The zero-order valence-electron chi connectivity index (χ0n) is 14.8. The summed E-state index contributed by atoms with van der Waals surface area (Å²) in [5.41, 5.74) is 6.56. The van der Waals surface area contributed by atoms with Crippen molar-refractivity contribution in [1.82, 2.24) is 14.7 Å². The Hall–Kier alpha value is -2.83. The van der Waals surface area contributed by atoms with E-state index in [9.17, 15) is 9.59 Å². The molecule has 0 saturated heterocycles. The van der Waals surface area contributed by atoms with Gasteiger partial charge < -0.3 is 15.4 Å². The molecule has 0 aliphatic carbocycles. The summed E-state index contributed by atoms with van der Waals surface area (Å²) in [6.45, 7) is 5.02. The van der Waals surface area contributed by atoms with Crippen LogP contribution in [0.25, 0.3) is 0 Å². The van der Waals surface area contributed by atoms with Crippen molar-refractivity contribution in [2.24, 2.45) is 18.7 Å². The maximum atomic E-state index is 12.9. The number of primary amides is 1. The molecule has 2 N–H and O–H groups in total. The molecule has 2 rings (SSSR count). The summed E-state index contributed by atoms with van der Waals surface area (Å²) in [6, 6.07) is 6.77. The number of benzene rings is 1. The molecule has 25 heavy (non-hydrogen) atoms. The normalized spacial score (nSPS) is 10.7. The lowest BCUT2D eigenvalue weighted by Crippen LogP contribution is -2.33. The molecule has 0 saturated carbocycles. The number of amides is 2. The monoisotopic (exact) mass is 344 g/mol. The van der Waals surface area contributed by atoms with Crippen LogP contribution in [0.2, 0.25) is 0 Å². The summed E-state index contributed by atoms with van der Waals surface area (Å²) in [7, 11) is 1.84. The SMILES string of the molecule is CC(C)CN(Cc1cnn(C)c1)C(=O)c1cccc(OCC(N)=O)c1. The third-order valence-corrected chi connectivity index (χ3v) is 3.47. The summed E-state index contributed by atoms with van der Waals surface area (Å²) in [4.78, 5) is 25.6. The molecular weight excluding hydrogens is 320 g/mol. The second-order valence-corrected chi connectivity index (χ2v) is 6.38. The van der Waals surface area contributed by atoms with E-state index in [-0.39, 0.29) is 12.5 Å². The number of nitrogens with zero attached hydrogens (tertiary/aromatic N) is 3. The van der Waals surface area contributed by atoms with Gasteiger partial charge in [-0.05, 0) is 24.1 Å². The average molecular weight is 344 g/mol. The quantitative estimate of drug-likeness (QED) is 0.787. The molecule has 0 fully saturated rings. The molecule has 7 nitrogen and oxygen atoms in total. The molecular formula is C18H24N4O3. The highest BCUT2D eigenvalue weighted by atomic mass is 16.5. The van der Waals surface area contributed by atoms with Crippen LogP contribution in [-0.4, -0.2) is 39.6 Å². The number of hydrogen-bond donors (Lipinski definition) is 1. The highest BCUT2D eigenvalue weighted by Crippen LogP contribution is 2.17. The summed E-state index contributed by atoms with van der Waals surface area (Å²) in [5.74, 6) is 0.113. The Kier molecular flexibility index (Phi) is 6.16. The van der Waals surface area contributed by atoms with Crippen molar-refractivity contribution >= 4 is 11.8 Å². The third-order valence-electron chi connectivity index (χ3n) is 3.47. The first-order valence-electron chi connectivity index (χ1n) is 8.13. The fourth-order valence-corrected chi connectivity index (χ4v) is 2.49. The van der Waals surface area contributed by atoms with Crippen LogP contribution in [0.3, 0.4) is 0 Å². The van der Waals surface area contributed by atoms with E-state index in [0.29, 0.717) is 30.3 Å². The molecule has 0 radical (unpaired) electrons. The van der Waals surface area contributed by atoms with E-state index in [1.807, 2.05) is 13.2 Å². The van der Waals surface area contributed by atoms with Crippen LogP contribution in [0.4, 0.5) is 0 Å². The van der Waals surface area contributed by atoms with E-state index in [2.05, 4.69) is 18.9 Å². The lowest BCUT2D eigenvalue weighted by atomic mass is 10.1. The smallest absolute Gasteiger partial charge is 0.255 e. The van der Waals surface area contributed by atoms with Crippen LogP contribution >= 0.6 is 0 Å². The number of aromatic nitrogens is 2. The number of rotatable bonds is 8. The molecule has 1 heterocycles. The van der Waals surface area contributed by atoms with Crippen LogP contribution < -0.4 is 10.5 Å². The first kappa shape index (κ1) is 18.5. The minimum Gasteiger partial charge on any atom is -0.484 e. The second-order valence-electron chi connectivity index (χ2n) is 6.38. The minimum absolute atomic E-state index is 0.0953. The van der Waals surface area contributed by atoms with Crippen LogP contribution in [-0.2, 0) is 18.4 Å². The maximum absolute atomic E-state index is 12.9. The molecule has 134 valence electrons. The van der Waals surface area contributed by atoms with E-state index < -0.39 is 5.91 Å². The fourth-order valence-electron chi connectivity index (χ4n) is 2.49. The van der Waals surface area contributed by atoms with Crippen molar-refractivity contribution in [3.05, 3.63) is 47.8 Å². The average Bonchev–Trinajstić information content (AvgIpc) is 2.96. The summed E-state index contributed by atoms with van der Waals surface area (Å²) in [5, 5.41) is 4.15. The van der Waals surface area contributed by atoms with Gasteiger partial charge in [-0.25, -0.2) is 0 Å². The van der Waals surface area contributed by atoms with E-state index in [4.69, 9.17) is 10.5 Å². The molecule has 0 aliphatic heterocycles. The van der Waals surface area contributed by atoms with Gasteiger partial charge in [-0.1, -0.05) is 19.9 Å². The maximum Gasteiger partial charge on any atom is 0.255 e. The molecule has 0 atom stereocenters. The predicted octanol–water partition coefficient (Wildman–Crippen LogP) is 1.58. The molecule has 2 amide bonds. The molecule has 0 spiro atoms. The molecule has 2 aromatic rings. The zero-order valence-corrected chi connectivity index (χ0v) is 14.8. The largest absolute Gasteiger partial charge is 0.484 e. The molecule has 0 unspecified atom stereocenters. The third kappa shape index (κ3) is 5.63. The van der Waals surface area contributed by atoms with Crippen LogP contribution in [0, 0.1) is 5.92 Å². The van der Waals surface area contributed by atoms with Gasteiger partial charge in [0, 0.05) is 37.5 Å². The van der Waals surface area contributed by atoms with E-state index >= 15 is 0 Å². The predicted molar refractivity (Wildman–Crippen MR) is 93.9 cm³/mol. The second kappa shape index (κ2) is 8.32. The number of carbonyl (C=O) groups excluding carboxylic acids is 2. The van der Waals surface area contributed by atoms with Crippen molar-refractivity contribution in [3.8, 4) is 5.75 Å². The van der Waals surface area contributed by atoms with Gasteiger partial charge in [0.2, 0.25) is 0 Å². The van der Waals surface area contributed by atoms with Crippen LogP contribution in [0.15, 0.2) is 36.7 Å². The lowest BCUT2D eigenvalue weighted by Gasteiger charge is -2.24. The van der Waals surface area contributed by atoms with Gasteiger partial charge in [-0.3, -0.25) is 14.3 Å². The standard InChI is InChI=1S/C18H24N4O3/c1-13(2)9-22(11-14-8-20-21(3)10-14)18(24)15-5-4-6-16(7-15)25-12-17(19)23/h4-8,10,13H,9,11-12H2,1-3H3,(H2,19,23). The first-order chi connectivity index (χ1) is 11.8. The Morgan fingerprint density at radius 1 is 1.36 bits per heavy atom. The molecule has 7 heteroatoms. The Bertz CT molecular complexity index is 739. The van der Waals surface area contributed by atoms with Crippen LogP contribution in [0.5, 0.6) is 5.75 Å². The van der Waals surface area contributed by atoms with E-state index in [1.165, 1.54) is 0 Å². The lowest BCUT2D eigenvalue weighted by molar-refractivity contribution is -0.119. The van der Waals surface area contributed by atoms with Crippen molar-refractivity contribution in [2.75, 3.05) is 13.2 Å². The van der Waals surface area contributed by atoms with Gasteiger partial charge >= 0.3 is 0 Å². The molecule has 1 aromatic heterocycles. The Balaban J connectivity index is 2.17. The topological polar surface area (TPSA) is 90.4 Å². The highest BCUT2D eigenvalue weighted by Gasteiger charge is 2.18. The summed E-state index contributed by atoms with van der Waals surface area (Å²) >= 11 is 0. The number of ether oxygens (including phenoxy) is 1.